The molecule has 0 aliphatic heterocycles. The molecule has 0 aromatic heterocycles. The highest BCUT2D eigenvalue weighted by Gasteiger charge is 2.52. The van der Waals surface area contributed by atoms with Crippen LogP contribution in [0.25, 0.3) is 0 Å². The Balaban J connectivity index is 2.75. The van der Waals surface area contributed by atoms with Crippen LogP contribution in [0.15, 0.2) is 12.7 Å². The lowest BCUT2D eigenvalue weighted by molar-refractivity contribution is -0.559. The molecule has 1 fully saturated rings. The lowest BCUT2D eigenvalue weighted by atomic mass is 9.82. The van der Waals surface area contributed by atoms with Crippen molar-refractivity contribution in [3.8, 4) is 0 Å². The molecular weight excluding hydrogens is 198 g/mol. The molecule has 0 unspecified atom stereocenters. The highest BCUT2D eigenvalue weighted by Crippen LogP contribution is 2.32. The van der Waals surface area contributed by atoms with Gasteiger partial charge in [0.15, 0.2) is 0 Å². The lowest BCUT2D eigenvalue weighted by Gasteiger charge is -2.26. The van der Waals surface area contributed by atoms with Crippen LogP contribution in [0.5, 0.6) is 0 Å². The fourth-order valence-electron chi connectivity index (χ4n) is 1.87. The molecule has 5 nitrogen and oxygen atoms in total. The molecule has 1 rings (SSSR count). The summed E-state index contributed by atoms with van der Waals surface area (Å²) in [7, 11) is 0. The number of carbonyl (C=O) groups is 1. The monoisotopic (exact) mass is 213 g/mol. The van der Waals surface area contributed by atoms with Crippen molar-refractivity contribution in [2.75, 3.05) is 6.61 Å². The molecule has 5 heteroatoms. The van der Waals surface area contributed by atoms with Crippen LogP contribution in [-0.4, -0.2) is 23.0 Å². The number of hydrogen-bond donors (Lipinski definition) is 0. The van der Waals surface area contributed by atoms with Gasteiger partial charge in [0.2, 0.25) is 0 Å². The summed E-state index contributed by atoms with van der Waals surface area (Å²) in [5.41, 5.74) is -1.50. The molecule has 0 bridgehead atoms. The van der Waals surface area contributed by atoms with Crippen LogP contribution in [0.4, 0.5) is 0 Å². The lowest BCUT2D eigenvalue weighted by Crippen LogP contribution is -2.49. The van der Waals surface area contributed by atoms with E-state index in [9.17, 15) is 14.9 Å². The zero-order valence-corrected chi connectivity index (χ0v) is 8.61. The topological polar surface area (TPSA) is 69.4 Å². The maximum atomic E-state index is 11.6. The average molecular weight is 213 g/mol. The molecule has 0 aromatic carbocycles. The van der Waals surface area contributed by atoms with E-state index < -0.39 is 16.4 Å². The van der Waals surface area contributed by atoms with Crippen molar-refractivity contribution in [1.29, 1.82) is 0 Å². The van der Waals surface area contributed by atoms with Gasteiger partial charge in [-0.3, -0.25) is 10.1 Å². The highest BCUT2D eigenvalue weighted by atomic mass is 16.6. The van der Waals surface area contributed by atoms with Gasteiger partial charge in [0, 0.05) is 17.8 Å². The summed E-state index contributed by atoms with van der Waals surface area (Å²) >= 11 is 0. The van der Waals surface area contributed by atoms with E-state index in [1.54, 1.807) is 0 Å². The SMILES string of the molecule is C=CCOC(=O)C1([N+](=O)[O-])CCCCC1. The molecular formula is C10H15NO4. The Morgan fingerprint density at radius 1 is 1.47 bits per heavy atom. The fourth-order valence-corrected chi connectivity index (χ4v) is 1.87. The van der Waals surface area contributed by atoms with Crippen molar-refractivity contribution in [2.24, 2.45) is 0 Å². The molecule has 0 radical (unpaired) electrons. The van der Waals surface area contributed by atoms with Crippen LogP contribution >= 0.6 is 0 Å². The van der Waals surface area contributed by atoms with Gasteiger partial charge < -0.3 is 4.74 Å². The van der Waals surface area contributed by atoms with Crippen LogP contribution in [0.1, 0.15) is 32.1 Å². The number of nitro groups is 1. The summed E-state index contributed by atoms with van der Waals surface area (Å²) in [5.74, 6) is -0.716. The van der Waals surface area contributed by atoms with Crippen molar-refractivity contribution < 1.29 is 14.5 Å². The van der Waals surface area contributed by atoms with Gasteiger partial charge in [0.25, 0.3) is 0 Å². The first-order valence-electron chi connectivity index (χ1n) is 5.06. The second kappa shape index (κ2) is 4.91. The van der Waals surface area contributed by atoms with Crippen molar-refractivity contribution in [3.63, 3.8) is 0 Å². The smallest absolute Gasteiger partial charge is 0.385 e. The van der Waals surface area contributed by atoms with Gasteiger partial charge in [-0.05, 0) is 12.8 Å². The standard InChI is InChI=1S/C10H15NO4/c1-2-8-15-9(12)10(11(13)14)6-4-3-5-7-10/h2H,1,3-8H2. The Morgan fingerprint density at radius 3 is 2.53 bits per heavy atom. The largest absolute Gasteiger partial charge is 0.456 e. The third-order valence-corrected chi connectivity index (χ3v) is 2.74. The molecule has 0 saturated heterocycles. The quantitative estimate of drug-likeness (QED) is 0.308. The summed E-state index contributed by atoms with van der Waals surface area (Å²) in [6, 6.07) is 0. The van der Waals surface area contributed by atoms with Crippen molar-refractivity contribution >= 4 is 5.97 Å². The third-order valence-electron chi connectivity index (χ3n) is 2.74. The van der Waals surface area contributed by atoms with E-state index in [4.69, 9.17) is 4.74 Å². The second-order valence-electron chi connectivity index (χ2n) is 3.74. The van der Waals surface area contributed by atoms with E-state index >= 15 is 0 Å². The number of rotatable bonds is 4. The van der Waals surface area contributed by atoms with Gasteiger partial charge in [0.1, 0.15) is 6.61 Å². The minimum atomic E-state index is -1.50. The molecule has 0 spiro atoms. The first kappa shape index (κ1) is 11.7. The van der Waals surface area contributed by atoms with Gasteiger partial charge in [-0.15, -0.1) is 0 Å². The van der Waals surface area contributed by atoms with Crippen molar-refractivity contribution in [3.05, 3.63) is 22.8 Å². The van der Waals surface area contributed by atoms with E-state index in [0.29, 0.717) is 12.8 Å². The third kappa shape index (κ3) is 2.34. The Hall–Kier alpha value is -1.39. The Labute approximate surface area is 88.3 Å². The minimum Gasteiger partial charge on any atom is -0.456 e. The van der Waals surface area contributed by atoms with Gasteiger partial charge in [-0.25, -0.2) is 4.79 Å². The zero-order valence-electron chi connectivity index (χ0n) is 8.61. The number of carbonyl (C=O) groups excluding carboxylic acids is 1. The number of nitrogens with zero attached hydrogens (tertiary/aromatic N) is 1. The van der Waals surface area contributed by atoms with Gasteiger partial charge in [-0.2, -0.15) is 0 Å². The van der Waals surface area contributed by atoms with Crippen LogP contribution in [0.2, 0.25) is 0 Å². The summed E-state index contributed by atoms with van der Waals surface area (Å²) in [4.78, 5) is 22.1. The molecule has 0 heterocycles. The molecule has 0 amide bonds. The minimum absolute atomic E-state index is 0.0361. The predicted molar refractivity (Wildman–Crippen MR) is 54.0 cm³/mol. The second-order valence-corrected chi connectivity index (χ2v) is 3.74. The maximum absolute atomic E-state index is 11.6. The van der Waals surface area contributed by atoms with E-state index in [1.807, 2.05) is 0 Å². The first-order valence-corrected chi connectivity index (χ1v) is 5.06. The Morgan fingerprint density at radius 2 is 2.07 bits per heavy atom. The summed E-state index contributed by atoms with van der Waals surface area (Å²) < 4.78 is 4.80. The molecule has 0 atom stereocenters. The van der Waals surface area contributed by atoms with Crippen molar-refractivity contribution in [2.45, 2.75) is 37.6 Å². The molecule has 1 saturated carbocycles. The van der Waals surface area contributed by atoms with E-state index in [1.165, 1.54) is 6.08 Å². The predicted octanol–water partition coefficient (Wildman–Crippen LogP) is 1.70. The first-order chi connectivity index (χ1) is 7.13. The maximum Gasteiger partial charge on any atom is 0.385 e. The molecule has 1 aliphatic carbocycles. The number of hydrogen-bond acceptors (Lipinski definition) is 4. The van der Waals surface area contributed by atoms with E-state index in [2.05, 4.69) is 6.58 Å². The molecule has 0 aromatic rings. The highest BCUT2D eigenvalue weighted by molar-refractivity contribution is 5.79. The Bertz CT molecular complexity index is 269. The van der Waals surface area contributed by atoms with Crippen molar-refractivity contribution in [1.82, 2.24) is 0 Å². The van der Waals surface area contributed by atoms with E-state index in [0.717, 1.165) is 6.42 Å². The molecule has 84 valence electrons. The normalized spacial score (nSPS) is 19.2. The van der Waals surface area contributed by atoms with Crippen LogP contribution in [0, 0.1) is 10.1 Å². The molecule has 15 heavy (non-hydrogen) atoms. The van der Waals surface area contributed by atoms with Gasteiger partial charge >= 0.3 is 11.5 Å². The van der Waals surface area contributed by atoms with Crippen LogP contribution in [0.3, 0.4) is 0 Å². The average Bonchev–Trinajstić information content (AvgIpc) is 2.26. The van der Waals surface area contributed by atoms with Crippen LogP contribution < -0.4 is 0 Å². The summed E-state index contributed by atoms with van der Waals surface area (Å²) in [6.45, 7) is 3.43. The Kier molecular flexibility index (Phi) is 3.82. The van der Waals surface area contributed by atoms with Gasteiger partial charge in [0.05, 0.1) is 0 Å². The molecule has 1 aliphatic rings. The van der Waals surface area contributed by atoms with Crippen LogP contribution in [-0.2, 0) is 9.53 Å². The number of esters is 1. The number of ether oxygens (including phenoxy) is 1. The van der Waals surface area contributed by atoms with Gasteiger partial charge in [-0.1, -0.05) is 19.1 Å². The summed E-state index contributed by atoms with van der Waals surface area (Å²) in [6.07, 6.45) is 4.36. The molecule has 0 N–H and O–H groups in total. The zero-order chi connectivity index (χ0) is 11.3. The van der Waals surface area contributed by atoms with E-state index in [-0.39, 0.29) is 19.4 Å². The summed E-state index contributed by atoms with van der Waals surface area (Å²) in [5, 5.41) is 11.0. The fraction of sp³-hybridized carbons (Fsp3) is 0.700.